The topological polar surface area (TPSA) is 66.6 Å². The first kappa shape index (κ1) is 13.6. The number of aliphatic hydroxyl groups is 1. The molecule has 0 radical (unpaired) electrons. The molecule has 102 valence electrons. The number of amides is 1. The van der Waals surface area contributed by atoms with Crippen LogP contribution in [0.2, 0.25) is 0 Å². The third-order valence-electron chi connectivity index (χ3n) is 3.49. The standard InChI is InChI=1S/C15H20N2O2/c16-14-4-1-12(2-5-14)3-6-15(19)17-9-7-13(11-17)8-10-18/h1-6,13,18H,7-11,16H2/b6-3+. The number of anilines is 1. The summed E-state index contributed by atoms with van der Waals surface area (Å²) in [4.78, 5) is 13.8. The van der Waals surface area contributed by atoms with Crippen LogP contribution in [0.4, 0.5) is 5.69 Å². The predicted octanol–water partition coefficient (Wildman–Crippen LogP) is 1.51. The summed E-state index contributed by atoms with van der Waals surface area (Å²) >= 11 is 0. The second-order valence-corrected chi connectivity index (χ2v) is 4.95. The molecule has 1 aromatic carbocycles. The second-order valence-electron chi connectivity index (χ2n) is 4.95. The SMILES string of the molecule is Nc1ccc(/C=C/C(=O)N2CCC(CCO)C2)cc1. The fourth-order valence-corrected chi connectivity index (χ4v) is 2.33. The summed E-state index contributed by atoms with van der Waals surface area (Å²) in [6.45, 7) is 1.75. The van der Waals surface area contributed by atoms with Gasteiger partial charge in [0, 0.05) is 31.5 Å². The Kier molecular flexibility index (Phi) is 4.58. The van der Waals surface area contributed by atoms with Crippen molar-refractivity contribution in [1.82, 2.24) is 4.90 Å². The number of carbonyl (C=O) groups excluding carboxylic acids is 1. The lowest BCUT2D eigenvalue weighted by molar-refractivity contribution is -0.125. The van der Waals surface area contributed by atoms with Crippen LogP contribution in [0.25, 0.3) is 6.08 Å². The molecule has 19 heavy (non-hydrogen) atoms. The Morgan fingerprint density at radius 2 is 2.16 bits per heavy atom. The highest BCUT2D eigenvalue weighted by Gasteiger charge is 2.24. The fourth-order valence-electron chi connectivity index (χ4n) is 2.33. The van der Waals surface area contributed by atoms with E-state index in [-0.39, 0.29) is 12.5 Å². The van der Waals surface area contributed by atoms with Crippen molar-refractivity contribution in [3.8, 4) is 0 Å². The summed E-state index contributed by atoms with van der Waals surface area (Å²) < 4.78 is 0. The van der Waals surface area contributed by atoms with Gasteiger partial charge in [0.1, 0.15) is 0 Å². The molecule has 0 aromatic heterocycles. The third kappa shape index (κ3) is 3.83. The van der Waals surface area contributed by atoms with Gasteiger partial charge in [-0.2, -0.15) is 0 Å². The number of likely N-dealkylation sites (tertiary alicyclic amines) is 1. The van der Waals surface area contributed by atoms with Crippen molar-refractivity contribution in [2.75, 3.05) is 25.4 Å². The van der Waals surface area contributed by atoms with E-state index in [2.05, 4.69) is 0 Å². The molecular formula is C15H20N2O2. The minimum atomic E-state index is 0.0391. The molecule has 2 rings (SSSR count). The first-order valence-electron chi connectivity index (χ1n) is 6.62. The van der Waals surface area contributed by atoms with Crippen LogP contribution in [-0.2, 0) is 4.79 Å². The normalized spacial score (nSPS) is 19.2. The van der Waals surface area contributed by atoms with Crippen molar-refractivity contribution in [3.05, 3.63) is 35.9 Å². The van der Waals surface area contributed by atoms with E-state index in [4.69, 9.17) is 10.8 Å². The molecule has 0 saturated carbocycles. The molecule has 4 heteroatoms. The lowest BCUT2D eigenvalue weighted by Gasteiger charge is -2.13. The van der Waals surface area contributed by atoms with Crippen LogP contribution in [0.3, 0.4) is 0 Å². The summed E-state index contributed by atoms with van der Waals surface area (Å²) in [5, 5.41) is 8.90. The number of nitrogens with two attached hydrogens (primary N) is 1. The number of nitrogen functional groups attached to an aromatic ring is 1. The van der Waals surface area contributed by atoms with Gasteiger partial charge in [0.15, 0.2) is 0 Å². The quantitative estimate of drug-likeness (QED) is 0.637. The van der Waals surface area contributed by atoms with Crippen molar-refractivity contribution in [3.63, 3.8) is 0 Å². The van der Waals surface area contributed by atoms with E-state index in [0.29, 0.717) is 5.92 Å². The lowest BCUT2D eigenvalue weighted by atomic mass is 10.1. The Hall–Kier alpha value is -1.81. The molecule has 0 spiro atoms. The highest BCUT2D eigenvalue weighted by atomic mass is 16.3. The lowest BCUT2D eigenvalue weighted by Crippen LogP contribution is -2.26. The van der Waals surface area contributed by atoms with Crippen LogP contribution >= 0.6 is 0 Å². The van der Waals surface area contributed by atoms with Gasteiger partial charge in [-0.15, -0.1) is 0 Å². The zero-order valence-corrected chi connectivity index (χ0v) is 11.0. The zero-order chi connectivity index (χ0) is 13.7. The molecule has 1 unspecified atom stereocenters. The number of benzene rings is 1. The van der Waals surface area contributed by atoms with Gasteiger partial charge in [-0.05, 0) is 42.5 Å². The molecule has 1 aliphatic rings. The maximum Gasteiger partial charge on any atom is 0.246 e. The van der Waals surface area contributed by atoms with Gasteiger partial charge in [0.05, 0.1) is 0 Å². The van der Waals surface area contributed by atoms with Gasteiger partial charge in [0.25, 0.3) is 0 Å². The Balaban J connectivity index is 1.89. The van der Waals surface area contributed by atoms with Crippen LogP contribution in [0, 0.1) is 5.92 Å². The van der Waals surface area contributed by atoms with E-state index in [1.165, 1.54) is 0 Å². The average molecular weight is 260 g/mol. The highest BCUT2D eigenvalue weighted by Crippen LogP contribution is 2.19. The molecule has 3 N–H and O–H groups in total. The first-order valence-corrected chi connectivity index (χ1v) is 6.62. The summed E-state index contributed by atoms with van der Waals surface area (Å²) in [6.07, 6.45) is 5.18. The molecule has 0 bridgehead atoms. The summed E-state index contributed by atoms with van der Waals surface area (Å²) in [6, 6.07) is 7.41. The average Bonchev–Trinajstić information content (AvgIpc) is 2.87. The largest absolute Gasteiger partial charge is 0.399 e. The molecule has 1 aromatic rings. The molecule has 0 aliphatic carbocycles. The molecule has 1 heterocycles. The van der Waals surface area contributed by atoms with Crippen molar-refractivity contribution in [2.45, 2.75) is 12.8 Å². The maximum absolute atomic E-state index is 12.0. The Morgan fingerprint density at radius 1 is 1.42 bits per heavy atom. The molecule has 1 saturated heterocycles. The molecule has 1 fully saturated rings. The number of carbonyl (C=O) groups is 1. The number of nitrogens with zero attached hydrogens (tertiary/aromatic N) is 1. The fraction of sp³-hybridized carbons (Fsp3) is 0.400. The van der Waals surface area contributed by atoms with Gasteiger partial charge in [-0.25, -0.2) is 0 Å². The minimum absolute atomic E-state index is 0.0391. The van der Waals surface area contributed by atoms with Crippen molar-refractivity contribution < 1.29 is 9.90 Å². The van der Waals surface area contributed by atoms with E-state index in [1.807, 2.05) is 29.2 Å². The molecule has 1 amide bonds. The van der Waals surface area contributed by atoms with Crippen LogP contribution in [0.15, 0.2) is 30.3 Å². The van der Waals surface area contributed by atoms with Gasteiger partial charge in [-0.1, -0.05) is 12.1 Å². The summed E-state index contributed by atoms with van der Waals surface area (Å²) in [5.41, 5.74) is 7.29. The Labute approximate surface area is 113 Å². The van der Waals surface area contributed by atoms with Gasteiger partial charge < -0.3 is 15.7 Å². The predicted molar refractivity (Wildman–Crippen MR) is 76.3 cm³/mol. The summed E-state index contributed by atoms with van der Waals surface area (Å²) in [7, 11) is 0. The van der Waals surface area contributed by atoms with Gasteiger partial charge in [0.2, 0.25) is 5.91 Å². The van der Waals surface area contributed by atoms with Crippen LogP contribution in [0.5, 0.6) is 0 Å². The second kappa shape index (κ2) is 6.38. The molecule has 1 atom stereocenters. The monoisotopic (exact) mass is 260 g/mol. The van der Waals surface area contributed by atoms with E-state index >= 15 is 0 Å². The van der Waals surface area contributed by atoms with Crippen molar-refractivity contribution in [2.24, 2.45) is 5.92 Å². The number of hydrogen-bond acceptors (Lipinski definition) is 3. The first-order chi connectivity index (χ1) is 9.19. The van der Waals surface area contributed by atoms with Crippen molar-refractivity contribution in [1.29, 1.82) is 0 Å². The zero-order valence-electron chi connectivity index (χ0n) is 11.0. The van der Waals surface area contributed by atoms with Crippen LogP contribution in [0.1, 0.15) is 18.4 Å². The van der Waals surface area contributed by atoms with Crippen molar-refractivity contribution >= 4 is 17.7 Å². The van der Waals surface area contributed by atoms with E-state index < -0.39 is 0 Å². The Morgan fingerprint density at radius 3 is 2.84 bits per heavy atom. The van der Waals surface area contributed by atoms with Crippen LogP contribution < -0.4 is 5.73 Å². The molecular weight excluding hydrogens is 240 g/mol. The maximum atomic E-state index is 12.0. The third-order valence-corrected chi connectivity index (χ3v) is 3.49. The van der Waals surface area contributed by atoms with Gasteiger partial charge in [-0.3, -0.25) is 4.79 Å². The molecule has 4 nitrogen and oxygen atoms in total. The van der Waals surface area contributed by atoms with E-state index in [0.717, 1.165) is 37.2 Å². The molecule has 1 aliphatic heterocycles. The van der Waals surface area contributed by atoms with E-state index in [9.17, 15) is 4.79 Å². The minimum Gasteiger partial charge on any atom is -0.399 e. The van der Waals surface area contributed by atoms with Gasteiger partial charge >= 0.3 is 0 Å². The number of aliphatic hydroxyl groups excluding tert-OH is 1. The van der Waals surface area contributed by atoms with Crippen LogP contribution in [-0.4, -0.2) is 35.6 Å². The van der Waals surface area contributed by atoms with E-state index in [1.54, 1.807) is 12.2 Å². The smallest absolute Gasteiger partial charge is 0.246 e. The Bertz CT molecular complexity index is 454. The highest BCUT2D eigenvalue weighted by molar-refractivity contribution is 5.92. The number of hydrogen-bond donors (Lipinski definition) is 2. The summed E-state index contributed by atoms with van der Waals surface area (Å²) in [5.74, 6) is 0.483. The number of rotatable bonds is 4.